The minimum atomic E-state index is -0.837. The van der Waals surface area contributed by atoms with E-state index in [1.807, 2.05) is 24.3 Å². The molecule has 1 amide bonds. The average Bonchev–Trinajstić information content (AvgIpc) is 2.81. The number of aromatic nitrogens is 1. The Morgan fingerprint density at radius 3 is 2.84 bits per heavy atom. The van der Waals surface area contributed by atoms with Crippen LogP contribution >= 0.6 is 11.3 Å². The van der Waals surface area contributed by atoms with Gasteiger partial charge in [-0.25, -0.2) is 4.98 Å². The molecule has 0 bridgehead atoms. The maximum absolute atomic E-state index is 12.2. The van der Waals surface area contributed by atoms with E-state index in [9.17, 15) is 4.79 Å². The number of anilines is 1. The first-order chi connectivity index (χ1) is 9.17. The number of nitrogens with two attached hydrogens (primary N) is 1. The van der Waals surface area contributed by atoms with Gasteiger partial charge in [0.1, 0.15) is 5.54 Å². The van der Waals surface area contributed by atoms with Crippen molar-refractivity contribution < 1.29 is 9.53 Å². The Bertz CT molecular complexity index is 572. The van der Waals surface area contributed by atoms with E-state index in [0.29, 0.717) is 31.2 Å². The third-order valence-corrected chi connectivity index (χ3v) is 4.30. The molecular formula is C13H15N3O2S. The van der Waals surface area contributed by atoms with Crippen LogP contribution in [0.15, 0.2) is 24.3 Å². The lowest BCUT2D eigenvalue weighted by Gasteiger charge is -2.31. The molecule has 0 aliphatic carbocycles. The predicted octanol–water partition coefficient (Wildman–Crippen LogP) is 1.74. The van der Waals surface area contributed by atoms with Crippen molar-refractivity contribution in [3.05, 3.63) is 24.3 Å². The first-order valence-corrected chi connectivity index (χ1v) is 7.03. The first-order valence-electron chi connectivity index (χ1n) is 6.21. The summed E-state index contributed by atoms with van der Waals surface area (Å²) >= 11 is 1.46. The fourth-order valence-electron chi connectivity index (χ4n) is 2.11. The third kappa shape index (κ3) is 2.47. The summed E-state index contributed by atoms with van der Waals surface area (Å²) in [6, 6.07) is 7.79. The van der Waals surface area contributed by atoms with Gasteiger partial charge in [-0.15, -0.1) is 0 Å². The number of rotatable bonds is 2. The molecule has 5 nitrogen and oxygen atoms in total. The van der Waals surface area contributed by atoms with Gasteiger partial charge in [-0.3, -0.25) is 4.79 Å². The predicted molar refractivity (Wildman–Crippen MR) is 75.2 cm³/mol. The van der Waals surface area contributed by atoms with Crippen molar-refractivity contribution in [2.75, 3.05) is 18.5 Å². The molecule has 0 saturated carbocycles. The Morgan fingerprint density at radius 1 is 1.37 bits per heavy atom. The largest absolute Gasteiger partial charge is 0.381 e. The third-order valence-electron chi connectivity index (χ3n) is 3.35. The second-order valence-corrected chi connectivity index (χ2v) is 5.74. The van der Waals surface area contributed by atoms with Gasteiger partial charge in [0.25, 0.3) is 0 Å². The second kappa shape index (κ2) is 4.88. The number of para-hydroxylation sites is 1. The molecule has 0 atom stereocenters. The van der Waals surface area contributed by atoms with Gasteiger partial charge in [-0.2, -0.15) is 0 Å². The van der Waals surface area contributed by atoms with Gasteiger partial charge in [0.2, 0.25) is 5.91 Å². The Kier molecular flexibility index (Phi) is 3.22. The summed E-state index contributed by atoms with van der Waals surface area (Å²) < 4.78 is 6.29. The molecule has 3 N–H and O–H groups in total. The summed E-state index contributed by atoms with van der Waals surface area (Å²) in [5, 5.41) is 3.43. The first kappa shape index (κ1) is 12.5. The molecule has 6 heteroatoms. The highest BCUT2D eigenvalue weighted by molar-refractivity contribution is 7.22. The van der Waals surface area contributed by atoms with Gasteiger partial charge in [-0.05, 0) is 25.0 Å². The van der Waals surface area contributed by atoms with Crippen LogP contribution in [0.2, 0.25) is 0 Å². The van der Waals surface area contributed by atoms with Crippen LogP contribution in [0.3, 0.4) is 0 Å². The van der Waals surface area contributed by atoms with Gasteiger partial charge < -0.3 is 15.8 Å². The van der Waals surface area contributed by atoms with Crippen molar-refractivity contribution in [3.8, 4) is 0 Å². The monoisotopic (exact) mass is 277 g/mol. The Labute approximate surface area is 114 Å². The summed E-state index contributed by atoms with van der Waals surface area (Å²) in [4.78, 5) is 16.6. The van der Waals surface area contributed by atoms with E-state index in [-0.39, 0.29) is 5.91 Å². The number of fused-ring (bicyclic) bond motifs is 1. The Hall–Kier alpha value is -1.50. The van der Waals surface area contributed by atoms with Crippen molar-refractivity contribution in [1.82, 2.24) is 4.98 Å². The quantitative estimate of drug-likeness (QED) is 0.876. The van der Waals surface area contributed by atoms with Gasteiger partial charge in [0.15, 0.2) is 5.13 Å². The van der Waals surface area contributed by atoms with E-state index in [2.05, 4.69) is 10.3 Å². The van der Waals surface area contributed by atoms with Crippen LogP contribution in [0.1, 0.15) is 12.8 Å². The number of nitrogens with zero attached hydrogens (tertiary/aromatic N) is 1. The average molecular weight is 277 g/mol. The summed E-state index contributed by atoms with van der Waals surface area (Å²) in [5.74, 6) is -0.171. The highest BCUT2D eigenvalue weighted by atomic mass is 32.1. The SMILES string of the molecule is NC1(C(=O)Nc2nc3ccccc3s2)CCOCC1. The lowest BCUT2D eigenvalue weighted by Crippen LogP contribution is -2.54. The highest BCUT2D eigenvalue weighted by Crippen LogP contribution is 2.27. The molecule has 1 aliphatic heterocycles. The number of carbonyl (C=O) groups excluding carboxylic acids is 1. The summed E-state index contributed by atoms with van der Waals surface area (Å²) in [6.45, 7) is 1.06. The molecule has 2 heterocycles. The van der Waals surface area contributed by atoms with Crippen LogP contribution in [0.5, 0.6) is 0 Å². The molecule has 2 aromatic rings. The summed E-state index contributed by atoms with van der Waals surface area (Å²) in [5.41, 5.74) is 6.18. The summed E-state index contributed by atoms with van der Waals surface area (Å²) in [7, 11) is 0. The normalized spacial score (nSPS) is 18.4. The van der Waals surface area contributed by atoms with E-state index in [0.717, 1.165) is 10.2 Å². The topological polar surface area (TPSA) is 77.2 Å². The number of carbonyl (C=O) groups is 1. The zero-order chi connectivity index (χ0) is 13.3. The molecule has 1 aromatic heterocycles. The Morgan fingerprint density at radius 2 is 2.11 bits per heavy atom. The van der Waals surface area contributed by atoms with Crippen molar-refractivity contribution >= 4 is 32.6 Å². The van der Waals surface area contributed by atoms with Crippen LogP contribution in [-0.4, -0.2) is 29.6 Å². The Balaban J connectivity index is 1.78. The van der Waals surface area contributed by atoms with Crippen molar-refractivity contribution in [1.29, 1.82) is 0 Å². The molecule has 100 valence electrons. The lowest BCUT2D eigenvalue weighted by atomic mass is 9.90. The summed E-state index contributed by atoms with van der Waals surface area (Å²) in [6.07, 6.45) is 1.09. The van der Waals surface area contributed by atoms with E-state index in [1.165, 1.54) is 11.3 Å². The van der Waals surface area contributed by atoms with Gasteiger partial charge in [-0.1, -0.05) is 23.5 Å². The van der Waals surface area contributed by atoms with Crippen molar-refractivity contribution in [3.63, 3.8) is 0 Å². The zero-order valence-corrected chi connectivity index (χ0v) is 11.2. The van der Waals surface area contributed by atoms with E-state index in [1.54, 1.807) is 0 Å². The second-order valence-electron chi connectivity index (χ2n) is 4.71. The van der Waals surface area contributed by atoms with Crippen LogP contribution in [0.4, 0.5) is 5.13 Å². The van der Waals surface area contributed by atoms with E-state index >= 15 is 0 Å². The minimum Gasteiger partial charge on any atom is -0.381 e. The van der Waals surface area contributed by atoms with Crippen LogP contribution < -0.4 is 11.1 Å². The molecule has 1 fully saturated rings. The number of benzene rings is 1. The maximum atomic E-state index is 12.2. The molecule has 0 unspecified atom stereocenters. The van der Waals surface area contributed by atoms with Gasteiger partial charge in [0, 0.05) is 13.2 Å². The molecule has 19 heavy (non-hydrogen) atoms. The zero-order valence-electron chi connectivity index (χ0n) is 10.4. The van der Waals surface area contributed by atoms with Crippen molar-refractivity contribution in [2.45, 2.75) is 18.4 Å². The molecule has 0 spiro atoms. The van der Waals surface area contributed by atoms with Gasteiger partial charge >= 0.3 is 0 Å². The number of amides is 1. The smallest absolute Gasteiger partial charge is 0.246 e. The van der Waals surface area contributed by atoms with Crippen LogP contribution in [-0.2, 0) is 9.53 Å². The molecular weight excluding hydrogens is 262 g/mol. The van der Waals surface area contributed by atoms with Crippen molar-refractivity contribution in [2.24, 2.45) is 5.73 Å². The number of hydrogen-bond donors (Lipinski definition) is 2. The molecule has 0 radical (unpaired) electrons. The standard InChI is InChI=1S/C13H15N3O2S/c14-13(5-7-18-8-6-13)11(17)16-12-15-9-3-1-2-4-10(9)19-12/h1-4H,5-8,14H2,(H,15,16,17). The molecule has 1 aromatic carbocycles. The minimum absolute atomic E-state index is 0.171. The van der Waals surface area contributed by atoms with Crippen LogP contribution in [0.25, 0.3) is 10.2 Å². The number of thiazole rings is 1. The molecule has 1 saturated heterocycles. The van der Waals surface area contributed by atoms with Crippen LogP contribution in [0, 0.1) is 0 Å². The number of nitrogens with one attached hydrogen (secondary N) is 1. The molecule has 3 rings (SSSR count). The number of ether oxygens (including phenoxy) is 1. The number of hydrogen-bond acceptors (Lipinski definition) is 5. The van der Waals surface area contributed by atoms with Gasteiger partial charge in [0.05, 0.1) is 10.2 Å². The maximum Gasteiger partial charge on any atom is 0.246 e. The fourth-order valence-corrected chi connectivity index (χ4v) is 2.97. The molecule has 1 aliphatic rings. The fraction of sp³-hybridized carbons (Fsp3) is 0.385. The lowest BCUT2D eigenvalue weighted by molar-refractivity contribution is -0.124. The van der Waals surface area contributed by atoms with E-state index in [4.69, 9.17) is 10.5 Å². The van der Waals surface area contributed by atoms with E-state index < -0.39 is 5.54 Å². The highest BCUT2D eigenvalue weighted by Gasteiger charge is 2.36.